The molecule has 5 rings (SSSR count). The maximum Gasteiger partial charge on any atom is 0.317 e. The van der Waals surface area contributed by atoms with Gasteiger partial charge in [-0.2, -0.15) is 19.5 Å². The van der Waals surface area contributed by atoms with Crippen LogP contribution in [0, 0.1) is 0 Å². The van der Waals surface area contributed by atoms with Crippen molar-refractivity contribution in [2.24, 2.45) is 5.84 Å². The van der Waals surface area contributed by atoms with Gasteiger partial charge in [-0.25, -0.2) is 15.4 Å². The van der Waals surface area contributed by atoms with Gasteiger partial charge >= 0.3 is 8.26 Å². The summed E-state index contributed by atoms with van der Waals surface area (Å²) in [7, 11) is 4.81. The van der Waals surface area contributed by atoms with Crippen LogP contribution in [0.5, 0.6) is 0 Å². The zero-order valence-electron chi connectivity index (χ0n) is 24.5. The Morgan fingerprint density at radius 3 is 1.50 bits per heavy atom. The standard InChI is InChI=1S/C20H14N4.C10H26N4.Cl2O2S.Cu/c1-2-14-10-16-5-6-18(23-16)12-20-8-7-19(24-20)11-17-4-3-15(22-17)9-13(1)21-14;1-2-3-4-5-6-7-8-9-10-12-14-13-11;1-5(2,3)4;/h1-12,21-22H;12-14H,2-11H2,1H3;;. The minimum Gasteiger partial charge on any atom is -0.355 e. The predicted octanol–water partition coefficient (Wildman–Crippen LogP) is 6.96. The normalized spacial score (nSPS) is 11.6. The SMILES string of the molecule is C1=Cc2cc3ccc(cc4ccc(cc5nc(cc1n2)C=C5)[nH]4)[nH]3.CCCCCCCCCCNNNN.O=S(=O)(Cl)Cl.[Cu]. The molecule has 0 spiro atoms. The average Bonchev–Trinajstić information content (AvgIpc) is 3.76. The first kappa shape index (κ1) is 37.7. The van der Waals surface area contributed by atoms with Gasteiger partial charge in [-0.1, -0.05) is 51.9 Å². The van der Waals surface area contributed by atoms with Crippen molar-refractivity contribution in [1.82, 2.24) is 36.4 Å². The molecule has 0 amide bonds. The number of rotatable bonds is 11. The molecule has 10 nitrogen and oxygen atoms in total. The van der Waals surface area contributed by atoms with Crippen molar-refractivity contribution >= 4 is 76.0 Å². The predicted molar refractivity (Wildman–Crippen MR) is 181 cm³/mol. The second kappa shape index (κ2) is 20.5. The summed E-state index contributed by atoms with van der Waals surface area (Å²) in [6.45, 7) is 3.23. The topological polar surface area (TPSA) is 154 Å². The van der Waals surface area contributed by atoms with Crippen molar-refractivity contribution in [2.45, 2.75) is 58.3 Å². The Bertz CT molecular complexity index is 1520. The number of nitrogens with two attached hydrogens (primary N) is 1. The largest absolute Gasteiger partial charge is 0.355 e. The number of nitrogens with zero attached hydrogens (tertiary/aromatic N) is 2. The van der Waals surface area contributed by atoms with Crippen molar-refractivity contribution in [3.63, 3.8) is 0 Å². The molecule has 3 aromatic heterocycles. The smallest absolute Gasteiger partial charge is 0.317 e. The third-order valence-corrected chi connectivity index (χ3v) is 6.36. The average molecular weight is 711 g/mol. The van der Waals surface area contributed by atoms with Gasteiger partial charge in [-0.3, -0.25) is 5.84 Å². The first-order valence-corrected chi connectivity index (χ1v) is 17.5. The van der Waals surface area contributed by atoms with Gasteiger partial charge in [-0.15, -0.1) is 0 Å². The minimum absolute atomic E-state index is 0. The maximum absolute atomic E-state index is 9.16. The molecule has 2 aliphatic rings. The molecule has 44 heavy (non-hydrogen) atoms. The van der Waals surface area contributed by atoms with Gasteiger partial charge in [0.25, 0.3) is 0 Å². The van der Waals surface area contributed by atoms with Crippen LogP contribution in [0.1, 0.15) is 81.1 Å². The van der Waals surface area contributed by atoms with Gasteiger partial charge in [0.1, 0.15) is 0 Å². The first-order chi connectivity index (χ1) is 20.7. The summed E-state index contributed by atoms with van der Waals surface area (Å²) in [6, 6.07) is 16.4. The van der Waals surface area contributed by atoms with Gasteiger partial charge in [0.15, 0.2) is 0 Å². The third-order valence-electron chi connectivity index (χ3n) is 6.36. The van der Waals surface area contributed by atoms with Crippen LogP contribution in [0.2, 0.25) is 0 Å². The summed E-state index contributed by atoms with van der Waals surface area (Å²) in [6.07, 6.45) is 18.9. The number of hydrogen-bond acceptors (Lipinski definition) is 8. The number of hydrogen-bond donors (Lipinski definition) is 6. The summed E-state index contributed by atoms with van der Waals surface area (Å²) in [5.74, 6) is 5.01. The molecule has 3 aromatic rings. The van der Waals surface area contributed by atoms with Gasteiger partial charge in [0.05, 0.1) is 22.8 Å². The van der Waals surface area contributed by atoms with Crippen LogP contribution in [-0.4, -0.2) is 34.9 Å². The van der Waals surface area contributed by atoms with Crippen LogP contribution < -0.4 is 22.3 Å². The van der Waals surface area contributed by atoms with Crippen LogP contribution in [0.15, 0.2) is 48.5 Å². The number of unbranched alkanes of at least 4 members (excludes halogenated alkanes) is 7. The van der Waals surface area contributed by atoms with Crippen LogP contribution in [0.25, 0.3) is 46.4 Å². The molecule has 7 N–H and O–H groups in total. The molecule has 5 heterocycles. The van der Waals surface area contributed by atoms with Crippen LogP contribution in [0.3, 0.4) is 0 Å². The van der Waals surface area contributed by atoms with E-state index in [1.54, 1.807) is 0 Å². The van der Waals surface area contributed by atoms with Crippen molar-refractivity contribution in [2.75, 3.05) is 6.54 Å². The third kappa shape index (κ3) is 16.0. The summed E-state index contributed by atoms with van der Waals surface area (Å²) >= 11 is 0. The van der Waals surface area contributed by atoms with E-state index in [-0.39, 0.29) is 17.1 Å². The summed E-state index contributed by atoms with van der Waals surface area (Å²) < 4.78 is 18.3. The molecule has 2 aliphatic heterocycles. The van der Waals surface area contributed by atoms with E-state index >= 15 is 0 Å². The Hall–Kier alpha value is -2.51. The van der Waals surface area contributed by atoms with E-state index in [2.05, 4.69) is 95.1 Å². The van der Waals surface area contributed by atoms with E-state index in [9.17, 15) is 0 Å². The number of halogens is 2. The molecular weight excluding hydrogens is 671 g/mol. The Balaban J connectivity index is 0.000000290. The number of fused-ring (bicyclic) bond motifs is 8. The van der Waals surface area contributed by atoms with Gasteiger partial charge < -0.3 is 9.97 Å². The summed E-state index contributed by atoms with van der Waals surface area (Å²) in [5.41, 5.74) is 15.8. The molecule has 0 unspecified atom stereocenters. The number of nitrogens with one attached hydrogen (secondary N) is 5. The van der Waals surface area contributed by atoms with Crippen LogP contribution >= 0.6 is 21.4 Å². The molecule has 0 atom stereocenters. The van der Waals surface area contributed by atoms with E-state index in [4.69, 9.17) is 14.3 Å². The van der Waals surface area contributed by atoms with Gasteiger partial charge in [-0.05, 0) is 79.3 Å². The second-order valence-electron chi connectivity index (χ2n) is 9.95. The Labute approximate surface area is 278 Å². The molecule has 1 radical (unpaired) electrons. The quantitative estimate of drug-likeness (QED) is 0.0283. The molecule has 243 valence electrons. The fourth-order valence-electron chi connectivity index (χ4n) is 4.40. The summed E-state index contributed by atoms with van der Waals surface area (Å²) in [5, 5.41) is 0. The molecule has 0 saturated heterocycles. The molecule has 14 heteroatoms. The van der Waals surface area contributed by atoms with Gasteiger partial charge in [0.2, 0.25) is 0 Å². The molecule has 0 aliphatic carbocycles. The number of aromatic nitrogens is 4. The van der Waals surface area contributed by atoms with Crippen LogP contribution in [0.4, 0.5) is 0 Å². The van der Waals surface area contributed by atoms with E-state index in [0.29, 0.717) is 0 Å². The first-order valence-electron chi connectivity index (χ1n) is 14.3. The minimum atomic E-state index is -3.72. The molecular formula is C30H40Cl2CuN8O2S. The monoisotopic (exact) mass is 709 g/mol. The van der Waals surface area contributed by atoms with E-state index in [1.165, 1.54) is 51.4 Å². The second-order valence-corrected chi connectivity index (χ2v) is 13.6. The van der Waals surface area contributed by atoms with Crippen molar-refractivity contribution in [3.8, 4) is 0 Å². The Morgan fingerprint density at radius 2 is 1.07 bits per heavy atom. The fourth-order valence-corrected chi connectivity index (χ4v) is 4.40. The molecule has 0 saturated carbocycles. The van der Waals surface area contributed by atoms with E-state index in [1.807, 2.05) is 42.5 Å². The zero-order chi connectivity index (χ0) is 30.9. The number of hydrazine groups is 3. The zero-order valence-corrected chi connectivity index (χ0v) is 27.8. The molecule has 0 fully saturated rings. The molecule has 8 bridgehead atoms. The number of aromatic amines is 2. The van der Waals surface area contributed by atoms with E-state index < -0.39 is 8.26 Å². The number of H-pyrrole nitrogens is 2. The van der Waals surface area contributed by atoms with Crippen molar-refractivity contribution in [3.05, 3.63) is 71.3 Å². The Morgan fingerprint density at radius 1 is 0.682 bits per heavy atom. The summed E-state index contributed by atoms with van der Waals surface area (Å²) in [4.78, 5) is 16.0. The van der Waals surface area contributed by atoms with Gasteiger partial charge in [0, 0.05) is 67.0 Å². The Kier molecular flexibility index (Phi) is 17.6. The van der Waals surface area contributed by atoms with Crippen molar-refractivity contribution in [1.29, 1.82) is 0 Å². The molecule has 0 aromatic carbocycles. The van der Waals surface area contributed by atoms with E-state index in [0.717, 1.165) is 51.4 Å². The van der Waals surface area contributed by atoms with Crippen molar-refractivity contribution < 1.29 is 25.5 Å². The van der Waals surface area contributed by atoms with Crippen LogP contribution in [-0.2, 0) is 25.3 Å². The maximum atomic E-state index is 9.16. The fraction of sp³-hybridized carbons (Fsp3) is 0.333.